The van der Waals surface area contributed by atoms with E-state index >= 15 is 0 Å². The summed E-state index contributed by atoms with van der Waals surface area (Å²) in [6, 6.07) is 11.6. The van der Waals surface area contributed by atoms with Crippen LogP contribution < -0.4 is 0 Å². The fourth-order valence-electron chi connectivity index (χ4n) is 2.55. The van der Waals surface area contributed by atoms with Gasteiger partial charge in [0.1, 0.15) is 5.82 Å². The fraction of sp³-hybridized carbons (Fsp3) is 0.333. The van der Waals surface area contributed by atoms with E-state index in [9.17, 15) is 12.8 Å². The van der Waals surface area contributed by atoms with Crippen molar-refractivity contribution in [3.8, 4) is 0 Å². The highest BCUT2D eigenvalue weighted by atomic mass is 32.2. The van der Waals surface area contributed by atoms with Crippen molar-refractivity contribution < 1.29 is 17.5 Å². The van der Waals surface area contributed by atoms with Gasteiger partial charge in [0.25, 0.3) is 0 Å². The quantitative estimate of drug-likeness (QED) is 0.834. The first-order valence-electron chi connectivity index (χ1n) is 7.80. The molecule has 0 unspecified atom stereocenters. The zero-order valence-corrected chi connectivity index (χ0v) is 14.5. The van der Waals surface area contributed by atoms with Gasteiger partial charge in [-0.3, -0.25) is 0 Å². The van der Waals surface area contributed by atoms with Gasteiger partial charge in [0.15, 0.2) is 0 Å². The highest BCUT2D eigenvalue weighted by Gasteiger charge is 2.37. The Bertz CT molecular complexity index is 845. The van der Waals surface area contributed by atoms with Crippen molar-refractivity contribution in [2.75, 3.05) is 13.1 Å². The number of halogens is 1. The number of hydrogen-bond acceptors (Lipinski definition) is 3. The first-order chi connectivity index (χ1) is 11.4. The molecule has 1 saturated heterocycles. The molecule has 128 valence electrons. The van der Waals surface area contributed by atoms with Gasteiger partial charge >= 0.3 is 0 Å². The molecule has 4 nitrogen and oxygen atoms in total. The van der Waals surface area contributed by atoms with Crippen LogP contribution in [0, 0.1) is 19.7 Å². The molecule has 0 atom stereocenters. The Morgan fingerprint density at radius 3 is 2.50 bits per heavy atom. The smallest absolute Gasteiger partial charge is 0.243 e. The van der Waals surface area contributed by atoms with Crippen molar-refractivity contribution in [1.29, 1.82) is 0 Å². The number of ether oxygens (including phenoxy) is 1. The van der Waals surface area contributed by atoms with Gasteiger partial charge in [-0.25, -0.2) is 12.8 Å². The van der Waals surface area contributed by atoms with Crippen molar-refractivity contribution in [2.24, 2.45) is 0 Å². The summed E-state index contributed by atoms with van der Waals surface area (Å²) in [5.41, 5.74) is 2.49. The summed E-state index contributed by atoms with van der Waals surface area (Å²) < 4.78 is 45.7. The summed E-state index contributed by atoms with van der Waals surface area (Å²) in [6.45, 7) is 4.58. The Kier molecular flexibility index (Phi) is 4.71. The standard InChI is InChI=1S/C18H20FNO3S/c1-13-7-8-17(9-14(13)2)24(21,22)20-10-16(11-20)23-12-15-5-3-4-6-18(15)19/h3-9,16H,10-12H2,1-2H3. The van der Waals surface area contributed by atoms with Crippen LogP contribution in [-0.4, -0.2) is 31.9 Å². The lowest BCUT2D eigenvalue weighted by Crippen LogP contribution is -2.54. The molecular formula is C18H20FNO3S. The van der Waals surface area contributed by atoms with E-state index in [1.165, 1.54) is 10.4 Å². The van der Waals surface area contributed by atoms with Crippen LogP contribution >= 0.6 is 0 Å². The predicted octanol–water partition coefficient (Wildman–Crippen LogP) is 3.03. The van der Waals surface area contributed by atoms with Crippen LogP contribution in [0.1, 0.15) is 16.7 Å². The molecule has 0 N–H and O–H groups in total. The minimum atomic E-state index is -3.49. The van der Waals surface area contributed by atoms with Gasteiger partial charge in [-0.15, -0.1) is 0 Å². The maximum atomic E-state index is 13.5. The largest absolute Gasteiger partial charge is 0.371 e. The minimum absolute atomic E-state index is 0.148. The Balaban J connectivity index is 1.59. The van der Waals surface area contributed by atoms with Crippen molar-refractivity contribution in [3.05, 3.63) is 65.0 Å². The molecule has 0 radical (unpaired) electrons. The van der Waals surface area contributed by atoms with Crippen molar-refractivity contribution in [1.82, 2.24) is 4.31 Å². The predicted molar refractivity (Wildman–Crippen MR) is 89.7 cm³/mol. The Morgan fingerprint density at radius 1 is 1.12 bits per heavy atom. The molecule has 2 aromatic rings. The first-order valence-corrected chi connectivity index (χ1v) is 9.24. The van der Waals surface area contributed by atoms with Crippen LogP contribution in [0.5, 0.6) is 0 Å². The number of rotatable bonds is 5. The maximum absolute atomic E-state index is 13.5. The van der Waals surface area contributed by atoms with Gasteiger partial charge in [-0.2, -0.15) is 4.31 Å². The summed E-state index contributed by atoms with van der Waals surface area (Å²) in [5.74, 6) is -0.309. The van der Waals surface area contributed by atoms with E-state index in [1.807, 2.05) is 19.9 Å². The van der Waals surface area contributed by atoms with E-state index in [0.717, 1.165) is 11.1 Å². The number of nitrogens with zero attached hydrogens (tertiary/aromatic N) is 1. The average molecular weight is 349 g/mol. The zero-order valence-electron chi connectivity index (χ0n) is 13.7. The molecule has 0 spiro atoms. The van der Waals surface area contributed by atoms with Crippen LogP contribution in [0.4, 0.5) is 4.39 Å². The molecule has 24 heavy (non-hydrogen) atoms. The first kappa shape index (κ1) is 17.1. The van der Waals surface area contributed by atoms with Crippen LogP contribution in [0.2, 0.25) is 0 Å². The topological polar surface area (TPSA) is 46.6 Å². The third-order valence-corrected chi connectivity index (χ3v) is 6.19. The van der Waals surface area contributed by atoms with Crippen molar-refractivity contribution in [2.45, 2.75) is 31.5 Å². The normalized spacial score (nSPS) is 16.1. The Morgan fingerprint density at radius 2 is 1.83 bits per heavy atom. The molecule has 0 aliphatic carbocycles. The van der Waals surface area contributed by atoms with Crippen LogP contribution in [-0.2, 0) is 21.4 Å². The van der Waals surface area contributed by atoms with E-state index in [0.29, 0.717) is 23.5 Å². The summed E-state index contributed by atoms with van der Waals surface area (Å²) >= 11 is 0. The molecule has 6 heteroatoms. The average Bonchev–Trinajstić information content (AvgIpc) is 2.50. The molecule has 0 amide bonds. The molecule has 1 aliphatic heterocycles. The van der Waals surface area contributed by atoms with Crippen LogP contribution in [0.25, 0.3) is 0 Å². The van der Waals surface area contributed by atoms with Crippen LogP contribution in [0.3, 0.4) is 0 Å². The molecule has 3 rings (SSSR count). The van der Waals surface area contributed by atoms with Crippen molar-refractivity contribution in [3.63, 3.8) is 0 Å². The lowest BCUT2D eigenvalue weighted by Gasteiger charge is -2.37. The SMILES string of the molecule is Cc1ccc(S(=O)(=O)N2CC(OCc3ccccc3F)C2)cc1C. The number of aryl methyl sites for hydroxylation is 2. The summed E-state index contributed by atoms with van der Waals surface area (Å²) in [4.78, 5) is 0.304. The van der Waals surface area contributed by atoms with Gasteiger partial charge in [-0.1, -0.05) is 24.3 Å². The molecule has 2 aromatic carbocycles. The lowest BCUT2D eigenvalue weighted by molar-refractivity contribution is -0.0304. The molecular weight excluding hydrogens is 329 g/mol. The lowest BCUT2D eigenvalue weighted by atomic mass is 10.1. The summed E-state index contributed by atoms with van der Waals surface area (Å²) in [7, 11) is -3.49. The second-order valence-electron chi connectivity index (χ2n) is 6.09. The molecule has 1 fully saturated rings. The van der Waals surface area contributed by atoms with E-state index in [1.54, 1.807) is 30.3 Å². The molecule has 1 aliphatic rings. The van der Waals surface area contributed by atoms with E-state index in [2.05, 4.69) is 0 Å². The van der Waals surface area contributed by atoms with Gasteiger partial charge in [0.05, 0.1) is 17.6 Å². The van der Waals surface area contributed by atoms with E-state index in [4.69, 9.17) is 4.74 Å². The Labute approximate surface area is 141 Å². The summed E-state index contributed by atoms with van der Waals surface area (Å²) in [5, 5.41) is 0. The van der Waals surface area contributed by atoms with Crippen LogP contribution in [0.15, 0.2) is 47.4 Å². The maximum Gasteiger partial charge on any atom is 0.243 e. The van der Waals surface area contributed by atoms with Gasteiger partial charge in [-0.05, 0) is 43.2 Å². The van der Waals surface area contributed by atoms with Gasteiger partial charge in [0.2, 0.25) is 10.0 Å². The molecule has 1 heterocycles. The number of benzene rings is 2. The minimum Gasteiger partial charge on any atom is -0.371 e. The van der Waals surface area contributed by atoms with E-state index < -0.39 is 10.0 Å². The third kappa shape index (κ3) is 3.36. The van der Waals surface area contributed by atoms with Gasteiger partial charge in [0, 0.05) is 18.7 Å². The van der Waals surface area contributed by atoms with Gasteiger partial charge < -0.3 is 4.74 Å². The third-order valence-electron chi connectivity index (χ3n) is 4.36. The highest BCUT2D eigenvalue weighted by molar-refractivity contribution is 7.89. The molecule has 0 saturated carbocycles. The fourth-order valence-corrected chi connectivity index (χ4v) is 4.14. The zero-order chi connectivity index (χ0) is 17.3. The second-order valence-corrected chi connectivity index (χ2v) is 8.03. The monoisotopic (exact) mass is 349 g/mol. The number of hydrogen-bond donors (Lipinski definition) is 0. The highest BCUT2D eigenvalue weighted by Crippen LogP contribution is 2.25. The summed E-state index contributed by atoms with van der Waals surface area (Å²) in [6.07, 6.45) is -0.203. The van der Waals surface area contributed by atoms with E-state index in [-0.39, 0.29) is 18.5 Å². The number of sulfonamides is 1. The molecule has 0 bridgehead atoms. The Hall–Kier alpha value is -1.76. The van der Waals surface area contributed by atoms with Crippen molar-refractivity contribution >= 4 is 10.0 Å². The molecule has 0 aromatic heterocycles. The second kappa shape index (κ2) is 6.63.